The quantitative estimate of drug-likeness (QED) is 0.827. The summed E-state index contributed by atoms with van der Waals surface area (Å²) in [5.41, 5.74) is 0.914. The molecular formula is C12H14ClIO2. The van der Waals surface area contributed by atoms with Crippen LogP contribution >= 0.6 is 34.2 Å². The van der Waals surface area contributed by atoms with Crippen molar-refractivity contribution in [3.05, 3.63) is 32.4 Å². The zero-order valence-electron chi connectivity index (χ0n) is 8.83. The molecule has 0 saturated carbocycles. The Balaban J connectivity index is 2.12. The summed E-state index contributed by atoms with van der Waals surface area (Å²) in [6, 6.07) is 5.76. The molecule has 1 heterocycles. The molecule has 0 aromatic heterocycles. The molecule has 1 atom stereocenters. The number of aliphatic hydroxyl groups is 1. The third kappa shape index (κ3) is 2.88. The van der Waals surface area contributed by atoms with Gasteiger partial charge in [0.25, 0.3) is 0 Å². The molecule has 1 unspecified atom stereocenters. The summed E-state index contributed by atoms with van der Waals surface area (Å²) in [6.07, 6.45) is 1.42. The molecule has 1 fully saturated rings. The molecule has 1 aromatic rings. The Morgan fingerprint density at radius 3 is 2.69 bits per heavy atom. The average Bonchev–Trinajstić information content (AvgIpc) is 2.33. The van der Waals surface area contributed by atoms with Gasteiger partial charge in [0.1, 0.15) is 0 Å². The predicted molar refractivity (Wildman–Crippen MR) is 72.7 cm³/mol. The maximum Gasteiger partial charge on any atom is 0.0820 e. The molecule has 1 aliphatic rings. The fourth-order valence-corrected chi connectivity index (χ4v) is 2.52. The molecule has 1 saturated heterocycles. The topological polar surface area (TPSA) is 29.5 Å². The minimum Gasteiger partial charge on any atom is -0.388 e. The summed E-state index contributed by atoms with van der Waals surface area (Å²) in [7, 11) is 0. The Labute approximate surface area is 114 Å². The molecule has 0 spiro atoms. The molecule has 0 amide bonds. The van der Waals surface area contributed by atoms with Gasteiger partial charge in [-0.3, -0.25) is 0 Å². The van der Waals surface area contributed by atoms with Gasteiger partial charge in [-0.15, -0.1) is 0 Å². The summed E-state index contributed by atoms with van der Waals surface area (Å²) >= 11 is 8.24. The minimum absolute atomic E-state index is 0.296. The van der Waals surface area contributed by atoms with E-state index >= 15 is 0 Å². The van der Waals surface area contributed by atoms with Crippen molar-refractivity contribution in [2.24, 2.45) is 5.92 Å². The number of ether oxygens (including phenoxy) is 1. The van der Waals surface area contributed by atoms with E-state index < -0.39 is 6.10 Å². The van der Waals surface area contributed by atoms with Crippen LogP contribution in [0.15, 0.2) is 18.2 Å². The van der Waals surface area contributed by atoms with Crippen LogP contribution in [0.2, 0.25) is 5.02 Å². The highest BCUT2D eigenvalue weighted by Crippen LogP contribution is 2.32. The van der Waals surface area contributed by atoms with E-state index in [0.717, 1.165) is 35.2 Å². The first-order valence-corrected chi connectivity index (χ1v) is 6.85. The third-order valence-electron chi connectivity index (χ3n) is 3.00. The fraction of sp³-hybridized carbons (Fsp3) is 0.500. The molecule has 0 bridgehead atoms. The highest BCUT2D eigenvalue weighted by Gasteiger charge is 2.23. The third-order valence-corrected chi connectivity index (χ3v) is 4.57. The van der Waals surface area contributed by atoms with Crippen LogP contribution in [0.3, 0.4) is 0 Å². The van der Waals surface area contributed by atoms with E-state index in [4.69, 9.17) is 16.3 Å². The monoisotopic (exact) mass is 352 g/mol. The zero-order chi connectivity index (χ0) is 11.5. The van der Waals surface area contributed by atoms with Crippen molar-refractivity contribution in [3.8, 4) is 0 Å². The Morgan fingerprint density at radius 1 is 1.38 bits per heavy atom. The van der Waals surface area contributed by atoms with Gasteiger partial charge in [-0.05, 0) is 59.0 Å². The molecular weight excluding hydrogens is 338 g/mol. The molecule has 2 rings (SSSR count). The Hall–Kier alpha value is 0.160. The molecule has 16 heavy (non-hydrogen) atoms. The number of hydrogen-bond donors (Lipinski definition) is 1. The van der Waals surface area contributed by atoms with E-state index in [1.54, 1.807) is 0 Å². The van der Waals surface area contributed by atoms with Crippen molar-refractivity contribution in [2.45, 2.75) is 18.9 Å². The summed E-state index contributed by atoms with van der Waals surface area (Å²) in [5.74, 6) is 0.296. The zero-order valence-corrected chi connectivity index (χ0v) is 11.7. The number of hydrogen-bond acceptors (Lipinski definition) is 2. The van der Waals surface area contributed by atoms with Crippen LogP contribution in [0.1, 0.15) is 24.5 Å². The lowest BCUT2D eigenvalue weighted by Crippen LogP contribution is -2.21. The van der Waals surface area contributed by atoms with Crippen LogP contribution in [0.25, 0.3) is 0 Å². The number of aliphatic hydroxyl groups excluding tert-OH is 1. The van der Waals surface area contributed by atoms with Gasteiger partial charge in [0.2, 0.25) is 0 Å². The van der Waals surface area contributed by atoms with E-state index in [2.05, 4.69) is 22.6 Å². The van der Waals surface area contributed by atoms with Crippen molar-refractivity contribution in [2.75, 3.05) is 13.2 Å². The largest absolute Gasteiger partial charge is 0.388 e. The van der Waals surface area contributed by atoms with Gasteiger partial charge < -0.3 is 9.84 Å². The van der Waals surface area contributed by atoms with Crippen LogP contribution in [0, 0.1) is 9.49 Å². The highest BCUT2D eigenvalue weighted by molar-refractivity contribution is 14.1. The molecule has 2 nitrogen and oxygen atoms in total. The predicted octanol–water partition coefficient (Wildman–Crippen LogP) is 3.40. The average molecular weight is 353 g/mol. The van der Waals surface area contributed by atoms with Crippen LogP contribution in [-0.4, -0.2) is 18.3 Å². The molecule has 88 valence electrons. The smallest absolute Gasteiger partial charge is 0.0820 e. The van der Waals surface area contributed by atoms with Gasteiger partial charge in [-0.1, -0.05) is 17.7 Å². The van der Waals surface area contributed by atoms with Gasteiger partial charge >= 0.3 is 0 Å². The standard InChI is InChI=1S/C12H14ClIO2/c13-10-7-9(1-2-11(10)14)12(15)8-3-5-16-6-4-8/h1-2,7-8,12,15H,3-6H2. The maximum atomic E-state index is 10.2. The van der Waals surface area contributed by atoms with E-state index in [9.17, 15) is 5.11 Å². The summed E-state index contributed by atoms with van der Waals surface area (Å²) in [5, 5.41) is 11.0. The van der Waals surface area contributed by atoms with Crippen molar-refractivity contribution >= 4 is 34.2 Å². The van der Waals surface area contributed by atoms with Gasteiger partial charge in [-0.25, -0.2) is 0 Å². The van der Waals surface area contributed by atoms with E-state index in [1.807, 2.05) is 18.2 Å². The molecule has 0 radical (unpaired) electrons. The molecule has 0 aliphatic carbocycles. The highest BCUT2D eigenvalue weighted by atomic mass is 127. The van der Waals surface area contributed by atoms with E-state index in [1.165, 1.54) is 0 Å². The van der Waals surface area contributed by atoms with E-state index in [0.29, 0.717) is 10.9 Å². The molecule has 1 aromatic carbocycles. The van der Waals surface area contributed by atoms with E-state index in [-0.39, 0.29) is 0 Å². The van der Waals surface area contributed by atoms with Crippen molar-refractivity contribution in [1.82, 2.24) is 0 Å². The van der Waals surface area contributed by atoms with Crippen molar-refractivity contribution in [3.63, 3.8) is 0 Å². The number of halogens is 2. The molecule has 1 aliphatic heterocycles. The normalized spacial score (nSPS) is 19.7. The second-order valence-corrected chi connectivity index (χ2v) is 5.64. The second-order valence-electron chi connectivity index (χ2n) is 4.07. The summed E-state index contributed by atoms with van der Waals surface area (Å²) in [6.45, 7) is 1.50. The summed E-state index contributed by atoms with van der Waals surface area (Å²) in [4.78, 5) is 0. The van der Waals surface area contributed by atoms with Gasteiger partial charge in [0, 0.05) is 16.8 Å². The van der Waals surface area contributed by atoms with Gasteiger partial charge in [0.15, 0.2) is 0 Å². The lowest BCUT2D eigenvalue weighted by Gasteiger charge is -2.27. The van der Waals surface area contributed by atoms with Crippen LogP contribution in [0.4, 0.5) is 0 Å². The number of benzene rings is 1. The lowest BCUT2D eigenvalue weighted by atomic mass is 9.89. The SMILES string of the molecule is OC(c1ccc(I)c(Cl)c1)C1CCOCC1. The van der Waals surface area contributed by atoms with Crippen LogP contribution in [-0.2, 0) is 4.74 Å². The first-order valence-electron chi connectivity index (χ1n) is 5.39. The van der Waals surface area contributed by atoms with Gasteiger partial charge in [-0.2, -0.15) is 0 Å². The molecule has 4 heteroatoms. The lowest BCUT2D eigenvalue weighted by molar-refractivity contribution is 0.00718. The van der Waals surface area contributed by atoms with Crippen molar-refractivity contribution < 1.29 is 9.84 Å². The second kappa shape index (κ2) is 5.67. The molecule has 1 N–H and O–H groups in total. The Bertz CT molecular complexity index is 364. The first kappa shape index (κ1) is 12.6. The Kier molecular flexibility index (Phi) is 4.47. The minimum atomic E-state index is -0.418. The Morgan fingerprint density at radius 2 is 2.06 bits per heavy atom. The maximum absolute atomic E-state index is 10.2. The summed E-state index contributed by atoms with van der Waals surface area (Å²) < 4.78 is 6.31. The van der Waals surface area contributed by atoms with Gasteiger partial charge in [0.05, 0.1) is 11.1 Å². The van der Waals surface area contributed by atoms with Crippen LogP contribution < -0.4 is 0 Å². The number of rotatable bonds is 2. The first-order chi connectivity index (χ1) is 7.68. The van der Waals surface area contributed by atoms with Crippen molar-refractivity contribution in [1.29, 1.82) is 0 Å². The fourth-order valence-electron chi connectivity index (χ4n) is 2.00. The van der Waals surface area contributed by atoms with Crippen LogP contribution in [0.5, 0.6) is 0 Å².